The van der Waals surface area contributed by atoms with Crippen LogP contribution in [0, 0.1) is 6.92 Å². The molecule has 2 aromatic carbocycles. The molecule has 32 heavy (non-hydrogen) atoms. The summed E-state index contributed by atoms with van der Waals surface area (Å²) in [5.74, 6) is -0.995. The smallest absolute Gasteiger partial charge is 0.341 e. The van der Waals surface area contributed by atoms with E-state index in [1.807, 2.05) is 30.3 Å². The van der Waals surface area contributed by atoms with Crippen molar-refractivity contribution >= 4 is 34.1 Å². The normalized spacial score (nSPS) is 10.3. The van der Waals surface area contributed by atoms with E-state index in [1.54, 1.807) is 31.2 Å². The van der Waals surface area contributed by atoms with Crippen molar-refractivity contribution in [1.82, 2.24) is 5.32 Å². The van der Waals surface area contributed by atoms with Crippen LogP contribution in [0.15, 0.2) is 54.6 Å². The maximum Gasteiger partial charge on any atom is 0.341 e. The highest BCUT2D eigenvalue weighted by Crippen LogP contribution is 2.34. The molecule has 0 saturated carbocycles. The lowest BCUT2D eigenvalue weighted by Gasteiger charge is -2.09. The molecule has 2 N–H and O–H groups in total. The Morgan fingerprint density at radius 3 is 2.31 bits per heavy atom. The molecule has 0 aliphatic heterocycles. The van der Waals surface area contributed by atoms with Gasteiger partial charge in [-0.1, -0.05) is 42.5 Å². The zero-order chi connectivity index (χ0) is 23.1. The van der Waals surface area contributed by atoms with Gasteiger partial charge in [0.05, 0.1) is 30.2 Å². The summed E-state index contributed by atoms with van der Waals surface area (Å²) >= 11 is 1.03. The van der Waals surface area contributed by atoms with Crippen LogP contribution in [0.3, 0.4) is 0 Å². The highest BCUT2D eigenvalue weighted by Gasteiger charge is 2.27. The third kappa shape index (κ3) is 5.15. The van der Waals surface area contributed by atoms with Crippen molar-refractivity contribution in [2.24, 2.45) is 0 Å². The second-order valence-electron chi connectivity index (χ2n) is 6.90. The lowest BCUT2D eigenvalue weighted by molar-refractivity contribution is 0.0601. The maximum absolute atomic E-state index is 12.8. The Kier molecular flexibility index (Phi) is 7.62. The Morgan fingerprint density at radius 1 is 0.938 bits per heavy atom. The van der Waals surface area contributed by atoms with Crippen molar-refractivity contribution in [2.75, 3.05) is 26.1 Å². The fourth-order valence-corrected chi connectivity index (χ4v) is 4.32. The van der Waals surface area contributed by atoms with Gasteiger partial charge in [0.15, 0.2) is 0 Å². The molecule has 0 radical (unpaired) electrons. The quantitative estimate of drug-likeness (QED) is 0.503. The molecule has 2 amide bonds. The minimum Gasteiger partial charge on any atom is -0.496 e. The number of anilines is 1. The van der Waals surface area contributed by atoms with E-state index in [0.29, 0.717) is 34.7 Å². The molecule has 0 saturated heterocycles. The molecule has 3 rings (SSSR count). The number of hydrogen-bond donors (Lipinski definition) is 2. The Balaban J connectivity index is 1.82. The van der Waals surface area contributed by atoms with Crippen LogP contribution in [0.2, 0.25) is 0 Å². The number of benzene rings is 2. The summed E-state index contributed by atoms with van der Waals surface area (Å²) in [7, 11) is 2.73. The molecule has 0 aliphatic rings. The third-order valence-electron chi connectivity index (χ3n) is 4.86. The van der Waals surface area contributed by atoms with Gasteiger partial charge in [-0.25, -0.2) is 4.79 Å². The maximum atomic E-state index is 12.8. The minimum absolute atomic E-state index is 0.161. The van der Waals surface area contributed by atoms with Crippen LogP contribution < -0.4 is 15.4 Å². The summed E-state index contributed by atoms with van der Waals surface area (Å²) in [6, 6.07) is 16.6. The Labute approximate surface area is 190 Å². The van der Waals surface area contributed by atoms with Crippen molar-refractivity contribution in [2.45, 2.75) is 13.3 Å². The van der Waals surface area contributed by atoms with Gasteiger partial charge in [0.2, 0.25) is 0 Å². The summed E-state index contributed by atoms with van der Waals surface area (Å²) < 4.78 is 10.1. The van der Waals surface area contributed by atoms with Crippen LogP contribution in [0.1, 0.15) is 41.5 Å². The number of amides is 2. The molecule has 1 aromatic heterocycles. The van der Waals surface area contributed by atoms with E-state index in [4.69, 9.17) is 9.47 Å². The highest BCUT2D eigenvalue weighted by atomic mass is 32.1. The summed E-state index contributed by atoms with van der Waals surface area (Å²) in [4.78, 5) is 38.4. The molecular formula is C24H24N2O5S. The predicted octanol–water partition coefficient (Wildman–Crippen LogP) is 4.08. The Bertz CT molecular complexity index is 1120. The zero-order valence-electron chi connectivity index (χ0n) is 18.1. The van der Waals surface area contributed by atoms with Crippen LogP contribution in [0.4, 0.5) is 5.00 Å². The average Bonchev–Trinajstić information content (AvgIpc) is 3.14. The molecule has 1 heterocycles. The van der Waals surface area contributed by atoms with Gasteiger partial charge >= 0.3 is 5.97 Å². The first-order chi connectivity index (χ1) is 15.5. The summed E-state index contributed by atoms with van der Waals surface area (Å²) in [6.45, 7) is 2.10. The van der Waals surface area contributed by atoms with Gasteiger partial charge in [-0.3, -0.25) is 9.59 Å². The van der Waals surface area contributed by atoms with Crippen molar-refractivity contribution in [3.05, 3.63) is 81.7 Å². The lowest BCUT2D eigenvalue weighted by atomic mass is 10.1. The van der Waals surface area contributed by atoms with Crippen LogP contribution in [-0.2, 0) is 11.2 Å². The van der Waals surface area contributed by atoms with Crippen LogP contribution >= 0.6 is 11.3 Å². The second-order valence-corrected chi connectivity index (χ2v) is 7.92. The molecule has 8 heteroatoms. The number of methoxy groups -OCH3 is 2. The number of hydrogen-bond acceptors (Lipinski definition) is 6. The molecule has 166 valence electrons. The average molecular weight is 453 g/mol. The first-order valence-corrected chi connectivity index (χ1v) is 10.8. The van der Waals surface area contributed by atoms with Crippen LogP contribution in [0.5, 0.6) is 5.75 Å². The highest BCUT2D eigenvalue weighted by molar-refractivity contribution is 7.18. The number of carbonyl (C=O) groups excluding carboxylic acids is 3. The fourth-order valence-electron chi connectivity index (χ4n) is 3.21. The monoisotopic (exact) mass is 452 g/mol. The van der Waals surface area contributed by atoms with Crippen LogP contribution in [0.25, 0.3) is 0 Å². The standard InChI is InChI=1S/C24H24N2O5S/c1-15-19(24(29)31-3)23(26-21(27)17-11-7-8-12-18(17)30-2)32-20(15)22(28)25-14-13-16-9-5-4-6-10-16/h4-12H,13-14H2,1-3H3,(H,25,28)(H,26,27). The van der Waals surface area contributed by atoms with Crippen LogP contribution in [-0.4, -0.2) is 38.5 Å². The molecule has 0 bridgehead atoms. The van der Waals surface area contributed by atoms with Crippen molar-refractivity contribution in [3.8, 4) is 5.75 Å². The van der Waals surface area contributed by atoms with Gasteiger partial charge in [0.1, 0.15) is 10.8 Å². The SMILES string of the molecule is COC(=O)c1c(NC(=O)c2ccccc2OC)sc(C(=O)NCCc2ccccc2)c1C. The van der Waals surface area contributed by atoms with Gasteiger partial charge in [-0.05, 0) is 36.6 Å². The topological polar surface area (TPSA) is 93.7 Å². The predicted molar refractivity (Wildman–Crippen MR) is 124 cm³/mol. The number of thiophene rings is 1. The summed E-state index contributed by atoms with van der Waals surface area (Å²) in [5, 5.41) is 5.86. The van der Waals surface area contributed by atoms with Gasteiger partial charge in [-0.15, -0.1) is 11.3 Å². The molecule has 0 unspecified atom stereocenters. The van der Waals surface area contributed by atoms with E-state index in [9.17, 15) is 14.4 Å². The van der Waals surface area contributed by atoms with Gasteiger partial charge in [-0.2, -0.15) is 0 Å². The number of esters is 1. The minimum atomic E-state index is -0.627. The fraction of sp³-hybridized carbons (Fsp3) is 0.208. The van der Waals surface area contributed by atoms with E-state index >= 15 is 0 Å². The first kappa shape index (κ1) is 23.0. The number of carbonyl (C=O) groups is 3. The molecular weight excluding hydrogens is 428 g/mol. The van der Waals surface area contributed by atoms with E-state index in [-0.39, 0.29) is 16.5 Å². The van der Waals surface area contributed by atoms with E-state index in [2.05, 4.69) is 10.6 Å². The third-order valence-corrected chi connectivity index (χ3v) is 6.07. The van der Waals surface area contributed by atoms with Gasteiger partial charge in [0, 0.05) is 6.54 Å². The van der Waals surface area contributed by atoms with E-state index in [0.717, 1.165) is 16.9 Å². The molecule has 0 spiro atoms. The number of nitrogens with one attached hydrogen (secondary N) is 2. The number of rotatable bonds is 8. The van der Waals surface area contributed by atoms with E-state index < -0.39 is 11.9 Å². The number of ether oxygens (including phenoxy) is 2. The van der Waals surface area contributed by atoms with Gasteiger partial charge in [0.25, 0.3) is 11.8 Å². The number of para-hydroxylation sites is 1. The van der Waals surface area contributed by atoms with Crippen molar-refractivity contribution in [3.63, 3.8) is 0 Å². The summed E-state index contributed by atoms with van der Waals surface area (Å²) in [6.07, 6.45) is 0.679. The molecule has 0 atom stereocenters. The second kappa shape index (κ2) is 10.6. The summed E-state index contributed by atoms with van der Waals surface area (Å²) in [5.41, 5.74) is 2.03. The van der Waals surface area contributed by atoms with Crippen molar-refractivity contribution < 1.29 is 23.9 Å². The van der Waals surface area contributed by atoms with E-state index in [1.165, 1.54) is 14.2 Å². The Hall–Kier alpha value is -3.65. The molecule has 3 aromatic rings. The first-order valence-electron chi connectivity index (χ1n) is 9.94. The van der Waals surface area contributed by atoms with Gasteiger partial charge < -0.3 is 20.1 Å². The lowest BCUT2D eigenvalue weighted by Crippen LogP contribution is -2.25. The zero-order valence-corrected chi connectivity index (χ0v) is 18.9. The largest absolute Gasteiger partial charge is 0.496 e. The van der Waals surface area contributed by atoms with Crippen molar-refractivity contribution in [1.29, 1.82) is 0 Å². The molecule has 0 fully saturated rings. The Morgan fingerprint density at radius 2 is 1.62 bits per heavy atom. The molecule has 7 nitrogen and oxygen atoms in total. The molecule has 0 aliphatic carbocycles.